The van der Waals surface area contributed by atoms with Crippen LogP contribution in [0.25, 0.3) is 5.69 Å². The summed E-state index contributed by atoms with van der Waals surface area (Å²) in [7, 11) is 0. The van der Waals surface area contributed by atoms with Crippen molar-refractivity contribution in [1.29, 1.82) is 5.26 Å². The van der Waals surface area contributed by atoms with E-state index in [1.54, 1.807) is 24.5 Å². The van der Waals surface area contributed by atoms with Crippen molar-refractivity contribution in [3.05, 3.63) is 59.9 Å². The molecule has 0 spiro atoms. The summed E-state index contributed by atoms with van der Waals surface area (Å²) < 4.78 is 1.86. The smallest absolute Gasteiger partial charge is 0.234 e. The van der Waals surface area contributed by atoms with Crippen LogP contribution in [-0.4, -0.2) is 33.0 Å². The van der Waals surface area contributed by atoms with Gasteiger partial charge in [0, 0.05) is 12.2 Å². The number of benzene rings is 2. The van der Waals surface area contributed by atoms with E-state index in [4.69, 9.17) is 5.26 Å². The van der Waals surface area contributed by atoms with Gasteiger partial charge in [-0.1, -0.05) is 37.7 Å². The van der Waals surface area contributed by atoms with Gasteiger partial charge in [0.05, 0.1) is 28.8 Å². The van der Waals surface area contributed by atoms with E-state index in [1.807, 2.05) is 23.6 Å². The predicted molar refractivity (Wildman–Crippen MR) is 120 cm³/mol. The number of carbonyl (C=O) groups is 1. The van der Waals surface area contributed by atoms with Gasteiger partial charge in [-0.05, 0) is 48.7 Å². The van der Waals surface area contributed by atoms with E-state index < -0.39 is 0 Å². The van der Waals surface area contributed by atoms with Gasteiger partial charge >= 0.3 is 0 Å². The van der Waals surface area contributed by atoms with Crippen molar-refractivity contribution >= 4 is 29.0 Å². The molecule has 30 heavy (non-hydrogen) atoms. The van der Waals surface area contributed by atoms with Gasteiger partial charge in [0.15, 0.2) is 5.16 Å². The molecule has 0 fully saturated rings. The zero-order valence-corrected chi connectivity index (χ0v) is 18.0. The molecule has 0 aliphatic rings. The van der Waals surface area contributed by atoms with Crippen LogP contribution < -0.4 is 10.6 Å². The summed E-state index contributed by atoms with van der Waals surface area (Å²) in [4.78, 5) is 12.5. The van der Waals surface area contributed by atoms with Gasteiger partial charge in [-0.2, -0.15) is 5.26 Å². The van der Waals surface area contributed by atoms with Gasteiger partial charge < -0.3 is 10.6 Å². The zero-order valence-electron chi connectivity index (χ0n) is 17.2. The number of hydrogen-bond acceptors (Lipinski definition) is 6. The Hall–Kier alpha value is -3.31. The normalized spacial score (nSPS) is 10.6. The van der Waals surface area contributed by atoms with Crippen LogP contribution in [0.3, 0.4) is 0 Å². The van der Waals surface area contributed by atoms with Crippen molar-refractivity contribution in [2.75, 3.05) is 22.9 Å². The molecule has 8 heteroatoms. The fourth-order valence-corrected chi connectivity index (χ4v) is 3.63. The third kappa shape index (κ3) is 5.19. The quantitative estimate of drug-likeness (QED) is 0.524. The Bertz CT molecular complexity index is 1050. The molecule has 0 aliphatic carbocycles. The number of aromatic nitrogens is 3. The van der Waals surface area contributed by atoms with Gasteiger partial charge in [0.25, 0.3) is 0 Å². The monoisotopic (exact) mass is 420 g/mol. The highest BCUT2D eigenvalue weighted by Crippen LogP contribution is 2.25. The van der Waals surface area contributed by atoms with Crippen LogP contribution in [0.5, 0.6) is 0 Å². The molecular formula is C22H24N6OS. The topological polar surface area (TPSA) is 95.6 Å². The Labute approximate surface area is 180 Å². The van der Waals surface area contributed by atoms with Crippen molar-refractivity contribution in [2.24, 2.45) is 0 Å². The van der Waals surface area contributed by atoms with Gasteiger partial charge in [0.2, 0.25) is 5.91 Å². The number of nitrogens with zero attached hydrogens (tertiary/aromatic N) is 4. The maximum atomic E-state index is 12.5. The first kappa shape index (κ1) is 21.4. The molecule has 2 N–H and O–H groups in total. The lowest BCUT2D eigenvalue weighted by Gasteiger charge is -2.12. The largest absolute Gasteiger partial charge is 0.384 e. The summed E-state index contributed by atoms with van der Waals surface area (Å²) >= 11 is 1.31. The third-order valence-corrected chi connectivity index (χ3v) is 5.42. The number of anilines is 2. The summed E-state index contributed by atoms with van der Waals surface area (Å²) in [5.74, 6) is 0.452. The molecule has 154 valence electrons. The van der Waals surface area contributed by atoms with Crippen LogP contribution in [-0.2, 0) is 4.79 Å². The number of nitriles is 1. The van der Waals surface area contributed by atoms with E-state index >= 15 is 0 Å². The average molecular weight is 421 g/mol. The Morgan fingerprint density at radius 2 is 1.97 bits per heavy atom. The minimum Gasteiger partial charge on any atom is -0.384 e. The third-order valence-electron chi connectivity index (χ3n) is 4.48. The number of thioether (sulfide) groups is 1. The standard InChI is InChI=1S/C22H24N6OS/c1-4-24-19-10-5-16(12-23)11-20(19)26-21(29)13-30-22-27-25-14-28(22)18-8-6-17(7-9-18)15(2)3/h5-11,14-15,24H,4,13H2,1-3H3,(H,26,29). The SMILES string of the molecule is CCNc1ccc(C#N)cc1NC(=O)CSc1nncn1-c1ccc(C(C)C)cc1. The molecular weight excluding hydrogens is 396 g/mol. The summed E-state index contributed by atoms with van der Waals surface area (Å²) in [6, 6.07) is 15.5. The number of nitrogens with one attached hydrogen (secondary N) is 2. The molecule has 0 saturated heterocycles. The fraction of sp³-hybridized carbons (Fsp3) is 0.273. The van der Waals surface area contributed by atoms with Crippen molar-refractivity contribution < 1.29 is 4.79 Å². The van der Waals surface area contributed by atoms with Crippen LogP contribution in [0, 0.1) is 11.3 Å². The van der Waals surface area contributed by atoms with Crippen molar-refractivity contribution in [3.63, 3.8) is 0 Å². The Kier molecular flexibility index (Phi) is 7.09. The highest BCUT2D eigenvalue weighted by Gasteiger charge is 2.13. The lowest BCUT2D eigenvalue weighted by Crippen LogP contribution is -2.16. The number of rotatable bonds is 8. The first-order valence-corrected chi connectivity index (χ1v) is 10.7. The molecule has 0 aliphatic heterocycles. The van der Waals surface area contributed by atoms with Gasteiger partial charge in [-0.15, -0.1) is 10.2 Å². The van der Waals surface area contributed by atoms with E-state index in [9.17, 15) is 4.79 Å². The van der Waals surface area contributed by atoms with Gasteiger partial charge in [0.1, 0.15) is 6.33 Å². The second-order valence-corrected chi connectivity index (χ2v) is 7.91. The minimum atomic E-state index is -0.182. The summed E-state index contributed by atoms with van der Waals surface area (Å²) in [6.07, 6.45) is 1.64. The van der Waals surface area contributed by atoms with Crippen LogP contribution >= 0.6 is 11.8 Å². The van der Waals surface area contributed by atoms with E-state index in [0.717, 1.165) is 11.4 Å². The van der Waals surface area contributed by atoms with Crippen molar-refractivity contribution in [1.82, 2.24) is 14.8 Å². The molecule has 3 aromatic rings. The molecule has 0 atom stereocenters. The summed E-state index contributed by atoms with van der Waals surface area (Å²) in [5, 5.41) is 24.0. The lowest BCUT2D eigenvalue weighted by molar-refractivity contribution is -0.113. The van der Waals surface area contributed by atoms with E-state index in [-0.39, 0.29) is 11.7 Å². The molecule has 1 aromatic heterocycles. The molecule has 0 saturated carbocycles. The molecule has 0 radical (unpaired) electrons. The zero-order chi connectivity index (χ0) is 21.5. The second kappa shape index (κ2) is 9.94. The van der Waals surface area contributed by atoms with Gasteiger partial charge in [-0.3, -0.25) is 9.36 Å². The number of amides is 1. The second-order valence-electron chi connectivity index (χ2n) is 6.97. The molecule has 1 amide bonds. The predicted octanol–water partition coefficient (Wildman–Crippen LogP) is 4.42. The van der Waals surface area contributed by atoms with E-state index in [2.05, 4.69) is 52.9 Å². The number of carbonyl (C=O) groups excluding carboxylic acids is 1. The maximum absolute atomic E-state index is 12.5. The van der Waals surface area contributed by atoms with E-state index in [0.29, 0.717) is 28.9 Å². The Morgan fingerprint density at radius 1 is 1.20 bits per heavy atom. The molecule has 3 rings (SSSR count). The molecule has 7 nitrogen and oxygen atoms in total. The van der Waals surface area contributed by atoms with Crippen LogP contribution in [0.1, 0.15) is 37.8 Å². The lowest BCUT2D eigenvalue weighted by atomic mass is 10.0. The Balaban J connectivity index is 1.68. The minimum absolute atomic E-state index is 0.172. The fourth-order valence-electron chi connectivity index (χ4n) is 2.90. The van der Waals surface area contributed by atoms with Gasteiger partial charge in [-0.25, -0.2) is 0 Å². The average Bonchev–Trinajstić information content (AvgIpc) is 3.22. The van der Waals surface area contributed by atoms with E-state index in [1.165, 1.54) is 17.3 Å². The molecule has 2 aromatic carbocycles. The van der Waals surface area contributed by atoms with Crippen LogP contribution in [0.4, 0.5) is 11.4 Å². The molecule has 0 unspecified atom stereocenters. The highest BCUT2D eigenvalue weighted by molar-refractivity contribution is 7.99. The van der Waals surface area contributed by atoms with Crippen molar-refractivity contribution in [3.8, 4) is 11.8 Å². The van der Waals surface area contributed by atoms with Crippen LogP contribution in [0.2, 0.25) is 0 Å². The molecule has 1 heterocycles. The Morgan fingerprint density at radius 3 is 2.63 bits per heavy atom. The number of hydrogen-bond donors (Lipinski definition) is 2. The highest BCUT2D eigenvalue weighted by atomic mass is 32.2. The maximum Gasteiger partial charge on any atom is 0.234 e. The van der Waals surface area contributed by atoms with Crippen molar-refractivity contribution in [2.45, 2.75) is 31.8 Å². The molecule has 0 bridgehead atoms. The first-order valence-electron chi connectivity index (χ1n) is 9.72. The summed E-state index contributed by atoms with van der Waals surface area (Å²) in [5.41, 5.74) is 4.07. The van der Waals surface area contributed by atoms with Crippen LogP contribution in [0.15, 0.2) is 53.9 Å². The first-order chi connectivity index (χ1) is 14.5. The summed E-state index contributed by atoms with van der Waals surface area (Å²) in [6.45, 7) is 6.99.